The molecule has 0 saturated heterocycles. The first-order valence-corrected chi connectivity index (χ1v) is 6.44. The molecule has 0 aliphatic carbocycles. The van der Waals surface area contributed by atoms with E-state index in [9.17, 15) is 5.11 Å². The number of benzene rings is 1. The molecule has 0 unspecified atom stereocenters. The van der Waals surface area contributed by atoms with Gasteiger partial charge in [-0.2, -0.15) is 5.26 Å². The molecule has 102 valence electrons. The molecule has 2 rings (SSSR count). The SMILES string of the molecule is C[C@@H](O)c1ccc(N(C)Cc2cccc(C#N)c2)cn1. The molecule has 1 aromatic heterocycles. The van der Waals surface area contributed by atoms with Gasteiger partial charge < -0.3 is 10.0 Å². The van der Waals surface area contributed by atoms with Crippen LogP contribution in [0, 0.1) is 11.3 Å². The first kappa shape index (κ1) is 14.0. The molecule has 0 radical (unpaired) electrons. The van der Waals surface area contributed by atoms with Crippen molar-refractivity contribution in [2.75, 3.05) is 11.9 Å². The molecule has 4 nitrogen and oxygen atoms in total. The van der Waals surface area contributed by atoms with Crippen LogP contribution in [0.1, 0.15) is 29.8 Å². The average Bonchev–Trinajstić information content (AvgIpc) is 2.47. The highest BCUT2D eigenvalue weighted by molar-refractivity contribution is 5.45. The van der Waals surface area contributed by atoms with Crippen LogP contribution in [0.15, 0.2) is 42.6 Å². The van der Waals surface area contributed by atoms with Gasteiger partial charge in [-0.05, 0) is 36.8 Å². The van der Waals surface area contributed by atoms with Gasteiger partial charge in [0.1, 0.15) is 0 Å². The molecular formula is C16H17N3O. The third-order valence-electron chi connectivity index (χ3n) is 3.12. The fraction of sp³-hybridized carbons (Fsp3) is 0.250. The Hall–Kier alpha value is -2.38. The highest BCUT2D eigenvalue weighted by Gasteiger charge is 2.06. The van der Waals surface area contributed by atoms with E-state index in [0.717, 1.165) is 11.3 Å². The Morgan fingerprint density at radius 1 is 1.35 bits per heavy atom. The number of aromatic nitrogens is 1. The third kappa shape index (κ3) is 3.34. The average molecular weight is 267 g/mol. The van der Waals surface area contributed by atoms with Crippen LogP contribution in [0.3, 0.4) is 0 Å². The smallest absolute Gasteiger partial charge is 0.0991 e. The van der Waals surface area contributed by atoms with Crippen LogP contribution in [0.2, 0.25) is 0 Å². The van der Waals surface area contributed by atoms with Crippen LogP contribution in [0.5, 0.6) is 0 Å². The lowest BCUT2D eigenvalue weighted by atomic mass is 10.1. The van der Waals surface area contributed by atoms with Crippen LogP contribution in [-0.4, -0.2) is 17.1 Å². The maximum absolute atomic E-state index is 9.44. The van der Waals surface area contributed by atoms with Crippen molar-refractivity contribution >= 4 is 5.69 Å². The summed E-state index contributed by atoms with van der Waals surface area (Å²) in [6.07, 6.45) is 1.19. The first-order valence-electron chi connectivity index (χ1n) is 6.44. The van der Waals surface area contributed by atoms with Crippen LogP contribution >= 0.6 is 0 Å². The number of nitrogens with zero attached hydrogens (tertiary/aromatic N) is 3. The Kier molecular flexibility index (Phi) is 4.34. The van der Waals surface area contributed by atoms with Crippen molar-refractivity contribution in [3.8, 4) is 6.07 Å². The number of hydrogen-bond acceptors (Lipinski definition) is 4. The normalized spacial score (nSPS) is 11.7. The zero-order valence-electron chi connectivity index (χ0n) is 11.6. The third-order valence-corrected chi connectivity index (χ3v) is 3.12. The van der Waals surface area contributed by atoms with Crippen molar-refractivity contribution in [2.24, 2.45) is 0 Å². The number of nitriles is 1. The Morgan fingerprint density at radius 3 is 2.75 bits per heavy atom. The summed E-state index contributed by atoms with van der Waals surface area (Å²) in [7, 11) is 1.97. The Bertz CT molecular complexity index is 614. The molecule has 0 saturated carbocycles. The summed E-state index contributed by atoms with van der Waals surface area (Å²) in [5.74, 6) is 0. The van der Waals surface area contributed by atoms with E-state index >= 15 is 0 Å². The van der Waals surface area contributed by atoms with E-state index in [4.69, 9.17) is 5.26 Å². The maximum atomic E-state index is 9.44. The molecule has 4 heteroatoms. The Balaban J connectivity index is 2.11. The second-order valence-electron chi connectivity index (χ2n) is 4.79. The van der Waals surface area contributed by atoms with Crippen LogP contribution in [0.4, 0.5) is 5.69 Å². The van der Waals surface area contributed by atoms with E-state index in [2.05, 4.69) is 16.0 Å². The number of anilines is 1. The molecule has 0 fully saturated rings. The van der Waals surface area contributed by atoms with E-state index in [1.165, 1.54) is 0 Å². The van der Waals surface area contributed by atoms with Gasteiger partial charge in [0.05, 0.1) is 35.3 Å². The summed E-state index contributed by atoms with van der Waals surface area (Å²) >= 11 is 0. The number of pyridine rings is 1. The molecule has 0 bridgehead atoms. The molecule has 0 spiro atoms. The summed E-state index contributed by atoms with van der Waals surface area (Å²) in [5.41, 5.74) is 3.37. The van der Waals surface area contributed by atoms with Gasteiger partial charge in [-0.15, -0.1) is 0 Å². The summed E-state index contributed by atoms with van der Waals surface area (Å²) in [5, 5.41) is 18.3. The van der Waals surface area contributed by atoms with Gasteiger partial charge in [-0.3, -0.25) is 4.98 Å². The monoisotopic (exact) mass is 267 g/mol. The Morgan fingerprint density at radius 2 is 2.15 bits per heavy atom. The van der Waals surface area contributed by atoms with Crippen molar-refractivity contribution in [1.82, 2.24) is 4.98 Å². The summed E-state index contributed by atoms with van der Waals surface area (Å²) in [4.78, 5) is 6.28. The number of rotatable bonds is 4. The summed E-state index contributed by atoms with van der Waals surface area (Å²) < 4.78 is 0. The topological polar surface area (TPSA) is 60.1 Å². The van der Waals surface area contributed by atoms with Gasteiger partial charge in [0, 0.05) is 13.6 Å². The van der Waals surface area contributed by atoms with Crippen molar-refractivity contribution < 1.29 is 5.11 Å². The van der Waals surface area contributed by atoms with E-state index in [-0.39, 0.29) is 0 Å². The minimum absolute atomic E-state index is 0.554. The molecule has 1 N–H and O–H groups in total. The molecule has 2 aromatic rings. The van der Waals surface area contributed by atoms with Gasteiger partial charge >= 0.3 is 0 Å². The second kappa shape index (κ2) is 6.18. The minimum Gasteiger partial charge on any atom is -0.387 e. The van der Waals surface area contributed by atoms with Crippen LogP contribution in [0.25, 0.3) is 0 Å². The van der Waals surface area contributed by atoms with Crippen LogP contribution in [-0.2, 0) is 6.54 Å². The largest absolute Gasteiger partial charge is 0.387 e. The highest BCUT2D eigenvalue weighted by atomic mass is 16.3. The standard InChI is InChI=1S/C16H17N3O/c1-12(20)16-7-6-15(10-18-16)19(2)11-14-5-3-4-13(8-14)9-17/h3-8,10,12,20H,11H2,1-2H3/t12-/m1/s1. The van der Waals surface area contributed by atoms with E-state index in [0.29, 0.717) is 17.8 Å². The highest BCUT2D eigenvalue weighted by Crippen LogP contribution is 2.17. The first-order chi connectivity index (χ1) is 9.60. The number of hydrogen-bond donors (Lipinski definition) is 1. The van der Waals surface area contributed by atoms with Gasteiger partial charge in [-0.1, -0.05) is 12.1 Å². The predicted molar refractivity (Wildman–Crippen MR) is 78.1 cm³/mol. The zero-order valence-corrected chi connectivity index (χ0v) is 11.6. The number of aliphatic hydroxyl groups is 1. The van der Waals surface area contributed by atoms with Gasteiger partial charge in [0.15, 0.2) is 0 Å². The lowest BCUT2D eigenvalue weighted by molar-refractivity contribution is 0.194. The zero-order chi connectivity index (χ0) is 14.5. The van der Waals surface area contributed by atoms with Crippen molar-refractivity contribution in [1.29, 1.82) is 5.26 Å². The molecular weight excluding hydrogens is 250 g/mol. The Labute approximate surface area is 118 Å². The molecule has 1 heterocycles. The fourth-order valence-electron chi connectivity index (χ4n) is 1.97. The molecule has 20 heavy (non-hydrogen) atoms. The molecule has 1 aromatic carbocycles. The van der Waals surface area contributed by atoms with Crippen molar-refractivity contribution in [2.45, 2.75) is 19.6 Å². The van der Waals surface area contributed by atoms with Crippen molar-refractivity contribution in [3.63, 3.8) is 0 Å². The molecule has 0 aliphatic heterocycles. The molecule has 0 amide bonds. The van der Waals surface area contributed by atoms with Crippen molar-refractivity contribution in [3.05, 3.63) is 59.4 Å². The van der Waals surface area contributed by atoms with E-state index in [1.54, 1.807) is 19.2 Å². The lowest BCUT2D eigenvalue weighted by Gasteiger charge is -2.19. The molecule has 0 aliphatic rings. The predicted octanol–water partition coefficient (Wildman–Crippen LogP) is 2.64. The molecule has 1 atom stereocenters. The van der Waals surface area contributed by atoms with Gasteiger partial charge in [0.25, 0.3) is 0 Å². The van der Waals surface area contributed by atoms with E-state index < -0.39 is 6.10 Å². The number of aliphatic hydroxyl groups excluding tert-OH is 1. The van der Waals surface area contributed by atoms with Gasteiger partial charge in [0.2, 0.25) is 0 Å². The fourth-order valence-corrected chi connectivity index (χ4v) is 1.97. The minimum atomic E-state index is -0.554. The summed E-state index contributed by atoms with van der Waals surface area (Å²) in [6, 6.07) is 13.5. The lowest BCUT2D eigenvalue weighted by Crippen LogP contribution is -2.16. The second-order valence-corrected chi connectivity index (χ2v) is 4.79. The van der Waals surface area contributed by atoms with Crippen LogP contribution < -0.4 is 4.90 Å². The maximum Gasteiger partial charge on any atom is 0.0991 e. The quantitative estimate of drug-likeness (QED) is 0.925. The van der Waals surface area contributed by atoms with E-state index in [1.807, 2.05) is 37.4 Å². The van der Waals surface area contributed by atoms with Gasteiger partial charge in [-0.25, -0.2) is 0 Å². The summed E-state index contributed by atoms with van der Waals surface area (Å²) in [6.45, 7) is 2.39.